The van der Waals surface area contributed by atoms with Crippen LogP contribution in [-0.4, -0.2) is 7.11 Å². The lowest BCUT2D eigenvalue weighted by atomic mass is 9.87. The van der Waals surface area contributed by atoms with E-state index in [4.69, 9.17) is 16.3 Å². The van der Waals surface area contributed by atoms with Gasteiger partial charge in [-0.15, -0.1) is 0 Å². The number of hydrogen-bond donors (Lipinski definition) is 0. The van der Waals surface area contributed by atoms with E-state index in [1.165, 1.54) is 11.1 Å². The first-order valence-electron chi connectivity index (χ1n) is 8.07. The van der Waals surface area contributed by atoms with Crippen molar-refractivity contribution in [2.75, 3.05) is 7.11 Å². The standard InChI is InChI=1S/C19H29ClO/c1-6-8-9-11-15(10-7-2)18-13-16(20)12-17(14(3)4)19(18)21-5/h8-9,12-15H,6-7,10-11H2,1-5H3/b9-8-. The normalized spacial score (nSPS) is 13.1. The SMILES string of the molecule is CC/C=C\CC(CCC)c1cc(Cl)cc(C(C)C)c1OC. The van der Waals surface area contributed by atoms with Gasteiger partial charge in [-0.1, -0.05) is 57.9 Å². The molecule has 0 saturated heterocycles. The summed E-state index contributed by atoms with van der Waals surface area (Å²) in [4.78, 5) is 0. The fourth-order valence-electron chi connectivity index (χ4n) is 2.78. The van der Waals surface area contributed by atoms with Gasteiger partial charge in [0.1, 0.15) is 5.75 Å². The van der Waals surface area contributed by atoms with E-state index in [2.05, 4.69) is 45.9 Å². The van der Waals surface area contributed by atoms with Crippen LogP contribution < -0.4 is 4.74 Å². The van der Waals surface area contributed by atoms with Gasteiger partial charge in [0.2, 0.25) is 0 Å². The molecule has 0 aromatic heterocycles. The van der Waals surface area contributed by atoms with E-state index in [1.54, 1.807) is 7.11 Å². The molecule has 0 saturated carbocycles. The predicted octanol–water partition coefficient (Wildman–Crippen LogP) is 6.71. The van der Waals surface area contributed by atoms with Crippen LogP contribution in [-0.2, 0) is 0 Å². The molecule has 0 aliphatic rings. The molecular weight excluding hydrogens is 280 g/mol. The number of methoxy groups -OCH3 is 1. The van der Waals surface area contributed by atoms with Crippen molar-refractivity contribution in [3.05, 3.63) is 40.4 Å². The van der Waals surface area contributed by atoms with E-state index in [0.717, 1.165) is 36.5 Å². The molecule has 21 heavy (non-hydrogen) atoms. The van der Waals surface area contributed by atoms with Gasteiger partial charge < -0.3 is 4.74 Å². The molecule has 2 heteroatoms. The Morgan fingerprint density at radius 2 is 1.81 bits per heavy atom. The minimum absolute atomic E-state index is 0.408. The maximum absolute atomic E-state index is 6.36. The second-order valence-electron chi connectivity index (χ2n) is 5.87. The molecule has 0 amide bonds. The maximum Gasteiger partial charge on any atom is 0.125 e. The van der Waals surface area contributed by atoms with Crippen LogP contribution in [0.1, 0.15) is 76.3 Å². The van der Waals surface area contributed by atoms with Gasteiger partial charge in [-0.2, -0.15) is 0 Å². The van der Waals surface area contributed by atoms with E-state index in [-0.39, 0.29) is 0 Å². The third kappa shape index (κ3) is 5.07. The summed E-state index contributed by atoms with van der Waals surface area (Å²) in [6.07, 6.45) is 8.98. The average Bonchev–Trinajstić information content (AvgIpc) is 2.45. The summed E-state index contributed by atoms with van der Waals surface area (Å²) in [5, 5.41) is 0.815. The van der Waals surface area contributed by atoms with Crippen molar-refractivity contribution in [3.8, 4) is 5.75 Å². The lowest BCUT2D eigenvalue weighted by Crippen LogP contribution is -2.05. The van der Waals surface area contributed by atoms with Crippen LogP contribution in [0.3, 0.4) is 0 Å². The third-order valence-corrected chi connectivity index (χ3v) is 4.06. The second kappa shape index (κ2) is 9.15. The van der Waals surface area contributed by atoms with Crippen molar-refractivity contribution in [1.82, 2.24) is 0 Å². The van der Waals surface area contributed by atoms with Crippen LogP contribution in [0.4, 0.5) is 0 Å². The number of halogens is 1. The molecule has 1 aromatic rings. The van der Waals surface area contributed by atoms with Crippen LogP contribution in [0.2, 0.25) is 5.02 Å². The smallest absolute Gasteiger partial charge is 0.125 e. The molecule has 118 valence electrons. The summed E-state index contributed by atoms with van der Waals surface area (Å²) in [5.41, 5.74) is 2.47. The van der Waals surface area contributed by atoms with Gasteiger partial charge in [-0.05, 0) is 54.4 Å². The zero-order valence-electron chi connectivity index (χ0n) is 14.1. The highest BCUT2D eigenvalue weighted by Gasteiger charge is 2.20. The minimum Gasteiger partial charge on any atom is -0.496 e. The molecule has 0 radical (unpaired) electrons. The van der Waals surface area contributed by atoms with Crippen molar-refractivity contribution in [3.63, 3.8) is 0 Å². The molecule has 0 fully saturated rings. The van der Waals surface area contributed by atoms with Crippen molar-refractivity contribution < 1.29 is 4.74 Å². The molecule has 0 heterocycles. The number of ether oxygens (including phenoxy) is 1. The summed E-state index contributed by atoms with van der Waals surface area (Å²) in [6, 6.07) is 4.13. The van der Waals surface area contributed by atoms with Crippen LogP contribution in [0.25, 0.3) is 0 Å². The zero-order valence-corrected chi connectivity index (χ0v) is 14.8. The molecule has 0 bridgehead atoms. The van der Waals surface area contributed by atoms with Crippen molar-refractivity contribution in [2.24, 2.45) is 0 Å². The maximum atomic E-state index is 6.36. The van der Waals surface area contributed by atoms with Gasteiger partial charge in [0.25, 0.3) is 0 Å². The Morgan fingerprint density at radius 3 is 2.33 bits per heavy atom. The van der Waals surface area contributed by atoms with Crippen LogP contribution in [0.5, 0.6) is 5.75 Å². The van der Waals surface area contributed by atoms with E-state index in [1.807, 2.05) is 6.07 Å². The van der Waals surface area contributed by atoms with Gasteiger partial charge >= 0.3 is 0 Å². The molecule has 1 nitrogen and oxygen atoms in total. The van der Waals surface area contributed by atoms with Crippen molar-refractivity contribution in [2.45, 2.75) is 65.2 Å². The first kappa shape index (κ1) is 18.1. The highest BCUT2D eigenvalue weighted by Crippen LogP contribution is 2.40. The van der Waals surface area contributed by atoms with Gasteiger partial charge in [-0.25, -0.2) is 0 Å². The van der Waals surface area contributed by atoms with Crippen LogP contribution >= 0.6 is 11.6 Å². The first-order valence-corrected chi connectivity index (χ1v) is 8.45. The van der Waals surface area contributed by atoms with E-state index in [9.17, 15) is 0 Å². The minimum atomic E-state index is 0.408. The van der Waals surface area contributed by atoms with E-state index < -0.39 is 0 Å². The summed E-state index contributed by atoms with van der Waals surface area (Å²) >= 11 is 6.36. The summed E-state index contributed by atoms with van der Waals surface area (Å²) in [7, 11) is 1.77. The highest BCUT2D eigenvalue weighted by atomic mass is 35.5. The number of allylic oxidation sites excluding steroid dienone is 2. The van der Waals surface area contributed by atoms with E-state index >= 15 is 0 Å². The molecule has 0 spiro atoms. The summed E-state index contributed by atoms with van der Waals surface area (Å²) in [5.74, 6) is 1.91. The third-order valence-electron chi connectivity index (χ3n) is 3.84. The largest absolute Gasteiger partial charge is 0.496 e. The van der Waals surface area contributed by atoms with Crippen molar-refractivity contribution >= 4 is 11.6 Å². The summed E-state index contributed by atoms with van der Waals surface area (Å²) < 4.78 is 5.74. The fourth-order valence-corrected chi connectivity index (χ4v) is 3.02. The Hall–Kier alpha value is -0.950. The van der Waals surface area contributed by atoms with Crippen molar-refractivity contribution in [1.29, 1.82) is 0 Å². The quantitative estimate of drug-likeness (QED) is 0.485. The Bertz CT molecular complexity index is 463. The highest BCUT2D eigenvalue weighted by molar-refractivity contribution is 6.30. The van der Waals surface area contributed by atoms with E-state index in [0.29, 0.717) is 11.8 Å². The lowest BCUT2D eigenvalue weighted by Gasteiger charge is -2.22. The van der Waals surface area contributed by atoms with Gasteiger partial charge in [0, 0.05) is 5.02 Å². The number of rotatable bonds is 8. The molecule has 0 aliphatic heterocycles. The lowest BCUT2D eigenvalue weighted by molar-refractivity contribution is 0.396. The molecule has 1 atom stereocenters. The Morgan fingerprint density at radius 1 is 1.14 bits per heavy atom. The van der Waals surface area contributed by atoms with Crippen LogP contribution in [0.15, 0.2) is 24.3 Å². The monoisotopic (exact) mass is 308 g/mol. The molecule has 1 unspecified atom stereocenters. The Labute approximate surface area is 135 Å². The second-order valence-corrected chi connectivity index (χ2v) is 6.31. The number of hydrogen-bond acceptors (Lipinski definition) is 1. The Kier molecular flexibility index (Phi) is 7.88. The molecule has 0 aliphatic carbocycles. The predicted molar refractivity (Wildman–Crippen MR) is 93.8 cm³/mol. The molecule has 1 rings (SSSR count). The Balaban J connectivity index is 3.24. The molecule has 0 N–H and O–H groups in total. The van der Waals surface area contributed by atoms with Gasteiger partial charge in [-0.3, -0.25) is 0 Å². The van der Waals surface area contributed by atoms with Gasteiger partial charge in [0.05, 0.1) is 7.11 Å². The summed E-state index contributed by atoms with van der Waals surface area (Å²) in [6.45, 7) is 8.77. The molecule has 1 aromatic carbocycles. The average molecular weight is 309 g/mol. The van der Waals surface area contributed by atoms with Gasteiger partial charge in [0.15, 0.2) is 0 Å². The van der Waals surface area contributed by atoms with Crippen LogP contribution in [0, 0.1) is 0 Å². The first-order chi connectivity index (χ1) is 10.0. The fraction of sp³-hybridized carbons (Fsp3) is 0.579. The number of benzene rings is 1. The molecular formula is C19H29ClO. The zero-order chi connectivity index (χ0) is 15.8. The topological polar surface area (TPSA) is 9.23 Å².